The first-order chi connectivity index (χ1) is 6.74. The lowest BCUT2D eigenvalue weighted by atomic mass is 10.2. The number of halogens is 2. The van der Waals surface area contributed by atoms with Crippen molar-refractivity contribution in [3.8, 4) is 0 Å². The monoisotopic (exact) mass is 229 g/mol. The average molecular weight is 230 g/mol. The van der Waals surface area contributed by atoms with Crippen molar-refractivity contribution >= 4 is 23.2 Å². The van der Waals surface area contributed by atoms with E-state index in [0.717, 1.165) is 11.6 Å². The molecule has 1 nitrogen and oxygen atoms in total. The van der Waals surface area contributed by atoms with Crippen LogP contribution in [0, 0.1) is 0 Å². The Morgan fingerprint density at radius 1 is 1.36 bits per heavy atom. The number of hydrogen-bond acceptors (Lipinski definition) is 1. The van der Waals surface area contributed by atoms with Gasteiger partial charge in [-0.25, -0.2) is 0 Å². The summed E-state index contributed by atoms with van der Waals surface area (Å²) in [4.78, 5) is 0. The molecule has 0 heterocycles. The molecule has 0 unspecified atom stereocenters. The molecule has 76 valence electrons. The maximum Gasteiger partial charge on any atom is 0.0409 e. The van der Waals surface area contributed by atoms with Crippen molar-refractivity contribution in [2.75, 3.05) is 5.88 Å². The summed E-state index contributed by atoms with van der Waals surface area (Å²) in [6, 6.07) is 7.92. The molecule has 1 aromatic rings. The van der Waals surface area contributed by atoms with Gasteiger partial charge in [0, 0.05) is 23.0 Å². The van der Waals surface area contributed by atoms with Crippen LogP contribution in [0.3, 0.4) is 0 Å². The summed E-state index contributed by atoms with van der Waals surface area (Å²) >= 11 is 11.8. The largest absolute Gasteiger partial charge is 0.306 e. The minimum Gasteiger partial charge on any atom is -0.306 e. The molecule has 3 heteroatoms. The van der Waals surface area contributed by atoms with Gasteiger partial charge in [0.2, 0.25) is 0 Å². The molecule has 2 rings (SSSR count). The SMILES string of the molecule is ClCC1(NCc2cccc(Cl)c2)CC1. The fraction of sp³-hybridized carbons (Fsp3) is 0.455. The fourth-order valence-electron chi connectivity index (χ4n) is 1.45. The molecule has 1 aromatic carbocycles. The first kappa shape index (κ1) is 10.3. The molecule has 0 amide bonds. The van der Waals surface area contributed by atoms with Gasteiger partial charge in [0.1, 0.15) is 0 Å². The third-order valence-electron chi connectivity index (χ3n) is 2.67. The first-order valence-corrected chi connectivity index (χ1v) is 5.71. The Balaban J connectivity index is 1.92. The van der Waals surface area contributed by atoms with Crippen LogP contribution in [0.1, 0.15) is 18.4 Å². The highest BCUT2D eigenvalue weighted by Gasteiger charge is 2.40. The van der Waals surface area contributed by atoms with Gasteiger partial charge in [-0.1, -0.05) is 23.7 Å². The zero-order chi connectivity index (χ0) is 10.0. The van der Waals surface area contributed by atoms with Gasteiger partial charge < -0.3 is 5.32 Å². The molecule has 1 fully saturated rings. The van der Waals surface area contributed by atoms with E-state index in [1.54, 1.807) is 0 Å². The predicted molar refractivity (Wildman–Crippen MR) is 61.0 cm³/mol. The molecule has 0 bridgehead atoms. The summed E-state index contributed by atoms with van der Waals surface area (Å²) in [7, 11) is 0. The van der Waals surface area contributed by atoms with Crippen LogP contribution in [0.15, 0.2) is 24.3 Å². The van der Waals surface area contributed by atoms with Crippen molar-refractivity contribution in [3.63, 3.8) is 0 Å². The molecule has 14 heavy (non-hydrogen) atoms. The van der Waals surface area contributed by atoms with E-state index in [4.69, 9.17) is 23.2 Å². The number of hydrogen-bond donors (Lipinski definition) is 1. The van der Waals surface area contributed by atoms with Crippen molar-refractivity contribution in [2.45, 2.75) is 24.9 Å². The molecule has 1 aliphatic carbocycles. The van der Waals surface area contributed by atoms with Crippen LogP contribution in [0.2, 0.25) is 5.02 Å². The highest BCUT2D eigenvalue weighted by atomic mass is 35.5. The highest BCUT2D eigenvalue weighted by molar-refractivity contribution is 6.30. The van der Waals surface area contributed by atoms with Crippen LogP contribution in [0.4, 0.5) is 0 Å². The van der Waals surface area contributed by atoms with E-state index in [1.165, 1.54) is 18.4 Å². The lowest BCUT2D eigenvalue weighted by Gasteiger charge is -2.13. The summed E-state index contributed by atoms with van der Waals surface area (Å²) in [6.07, 6.45) is 2.38. The molecule has 1 saturated carbocycles. The molecular weight excluding hydrogens is 217 g/mol. The third-order valence-corrected chi connectivity index (χ3v) is 3.41. The van der Waals surface area contributed by atoms with Crippen molar-refractivity contribution in [1.82, 2.24) is 5.32 Å². The van der Waals surface area contributed by atoms with E-state index in [-0.39, 0.29) is 5.54 Å². The van der Waals surface area contributed by atoms with Crippen LogP contribution in [0.5, 0.6) is 0 Å². The highest BCUT2D eigenvalue weighted by Crippen LogP contribution is 2.36. The Morgan fingerprint density at radius 2 is 2.14 bits per heavy atom. The number of rotatable bonds is 4. The van der Waals surface area contributed by atoms with E-state index < -0.39 is 0 Å². The van der Waals surface area contributed by atoms with Crippen LogP contribution in [-0.2, 0) is 6.54 Å². The molecule has 0 atom stereocenters. The van der Waals surface area contributed by atoms with Gasteiger partial charge in [-0.2, -0.15) is 0 Å². The minimum absolute atomic E-state index is 0.212. The minimum atomic E-state index is 0.212. The Bertz CT molecular complexity index is 321. The first-order valence-electron chi connectivity index (χ1n) is 4.80. The van der Waals surface area contributed by atoms with Gasteiger partial charge in [0.15, 0.2) is 0 Å². The summed E-state index contributed by atoms with van der Waals surface area (Å²) in [5, 5.41) is 4.26. The number of benzene rings is 1. The normalized spacial score (nSPS) is 18.1. The fourth-order valence-corrected chi connectivity index (χ4v) is 2.02. The molecule has 0 aromatic heterocycles. The topological polar surface area (TPSA) is 12.0 Å². The second-order valence-electron chi connectivity index (χ2n) is 3.90. The lowest BCUT2D eigenvalue weighted by Crippen LogP contribution is -2.32. The van der Waals surface area contributed by atoms with Crippen molar-refractivity contribution < 1.29 is 0 Å². The molecule has 0 aliphatic heterocycles. The molecule has 0 spiro atoms. The van der Waals surface area contributed by atoms with Gasteiger partial charge >= 0.3 is 0 Å². The van der Waals surface area contributed by atoms with Gasteiger partial charge in [0.25, 0.3) is 0 Å². The van der Waals surface area contributed by atoms with Crippen molar-refractivity contribution in [1.29, 1.82) is 0 Å². The van der Waals surface area contributed by atoms with E-state index in [0.29, 0.717) is 5.88 Å². The Hall–Kier alpha value is -0.240. The zero-order valence-corrected chi connectivity index (χ0v) is 9.41. The smallest absolute Gasteiger partial charge is 0.0409 e. The van der Waals surface area contributed by atoms with Crippen LogP contribution in [0.25, 0.3) is 0 Å². The van der Waals surface area contributed by atoms with E-state index in [2.05, 4.69) is 11.4 Å². The summed E-state index contributed by atoms with van der Waals surface area (Å²) in [6.45, 7) is 0.854. The molecular formula is C11H13Cl2N. The van der Waals surface area contributed by atoms with Gasteiger partial charge in [-0.3, -0.25) is 0 Å². The summed E-state index contributed by atoms with van der Waals surface area (Å²) < 4.78 is 0. The number of alkyl halides is 1. The van der Waals surface area contributed by atoms with Gasteiger partial charge in [-0.15, -0.1) is 11.6 Å². The third kappa shape index (κ3) is 2.41. The molecule has 0 radical (unpaired) electrons. The summed E-state index contributed by atoms with van der Waals surface area (Å²) in [5.41, 5.74) is 1.43. The van der Waals surface area contributed by atoms with Crippen LogP contribution in [-0.4, -0.2) is 11.4 Å². The quantitative estimate of drug-likeness (QED) is 0.783. The summed E-state index contributed by atoms with van der Waals surface area (Å²) in [5.74, 6) is 0.702. The van der Waals surface area contributed by atoms with E-state index >= 15 is 0 Å². The van der Waals surface area contributed by atoms with Crippen molar-refractivity contribution in [2.24, 2.45) is 0 Å². The van der Waals surface area contributed by atoms with E-state index in [1.807, 2.05) is 18.2 Å². The van der Waals surface area contributed by atoms with Crippen LogP contribution >= 0.6 is 23.2 Å². The Morgan fingerprint density at radius 3 is 2.71 bits per heavy atom. The van der Waals surface area contributed by atoms with Gasteiger partial charge in [-0.05, 0) is 30.5 Å². The lowest BCUT2D eigenvalue weighted by molar-refractivity contribution is 0.543. The Kier molecular flexibility index (Phi) is 3.01. The van der Waals surface area contributed by atoms with Gasteiger partial charge in [0.05, 0.1) is 0 Å². The zero-order valence-electron chi connectivity index (χ0n) is 7.89. The number of nitrogens with one attached hydrogen (secondary N) is 1. The van der Waals surface area contributed by atoms with E-state index in [9.17, 15) is 0 Å². The average Bonchev–Trinajstić information content (AvgIpc) is 2.96. The second-order valence-corrected chi connectivity index (χ2v) is 4.60. The van der Waals surface area contributed by atoms with Crippen LogP contribution < -0.4 is 5.32 Å². The molecule has 1 aliphatic rings. The standard InChI is InChI=1S/C11H13Cl2N/c12-8-11(4-5-11)14-7-9-2-1-3-10(13)6-9/h1-3,6,14H,4-5,7-8H2. The molecule has 1 N–H and O–H groups in total. The maximum absolute atomic E-state index is 5.89. The Labute approximate surface area is 94.4 Å². The molecule has 0 saturated heterocycles. The second kappa shape index (κ2) is 4.09. The predicted octanol–water partition coefficient (Wildman–Crippen LogP) is 3.20. The van der Waals surface area contributed by atoms with Crippen molar-refractivity contribution in [3.05, 3.63) is 34.9 Å². The maximum atomic E-state index is 5.89.